The Morgan fingerprint density at radius 3 is 2.77 bits per heavy atom. The van der Waals surface area contributed by atoms with Crippen LogP contribution in [0.1, 0.15) is 24.0 Å². The minimum absolute atomic E-state index is 0.0871. The van der Waals surface area contributed by atoms with Gasteiger partial charge >= 0.3 is 0 Å². The van der Waals surface area contributed by atoms with E-state index in [4.69, 9.17) is 9.72 Å². The zero-order valence-corrected chi connectivity index (χ0v) is 18.0. The van der Waals surface area contributed by atoms with Crippen LogP contribution in [-0.2, 0) is 17.9 Å². The highest BCUT2D eigenvalue weighted by Gasteiger charge is 2.22. The van der Waals surface area contributed by atoms with Gasteiger partial charge in [-0.05, 0) is 57.2 Å². The van der Waals surface area contributed by atoms with E-state index in [0.29, 0.717) is 18.3 Å². The molecule has 4 rings (SSSR count). The van der Waals surface area contributed by atoms with Crippen LogP contribution in [0.15, 0.2) is 48.7 Å². The van der Waals surface area contributed by atoms with E-state index in [9.17, 15) is 4.79 Å². The summed E-state index contributed by atoms with van der Waals surface area (Å²) in [6.07, 6.45) is 1.73. The Bertz CT molecular complexity index is 1170. The van der Waals surface area contributed by atoms with Gasteiger partial charge < -0.3 is 4.74 Å². The van der Waals surface area contributed by atoms with Crippen LogP contribution in [-0.4, -0.2) is 32.3 Å². The first-order chi connectivity index (χ1) is 14.5. The van der Waals surface area contributed by atoms with Gasteiger partial charge in [0.2, 0.25) is 0 Å². The van der Waals surface area contributed by atoms with E-state index in [1.165, 1.54) is 11.3 Å². The maximum absolute atomic E-state index is 13.3. The van der Waals surface area contributed by atoms with Gasteiger partial charge in [0.05, 0.1) is 34.8 Å². The number of carbonyl (C=O) groups excluding carboxylic acids is 1. The first-order valence-corrected chi connectivity index (χ1v) is 10.6. The van der Waals surface area contributed by atoms with Gasteiger partial charge in [0.25, 0.3) is 5.91 Å². The Labute approximate surface area is 179 Å². The molecule has 3 aromatic heterocycles. The number of thiazole rings is 1. The van der Waals surface area contributed by atoms with Crippen molar-refractivity contribution in [2.45, 2.75) is 33.9 Å². The molecule has 0 spiro atoms. The normalized spacial score (nSPS) is 11.0. The van der Waals surface area contributed by atoms with Crippen molar-refractivity contribution in [3.63, 3.8) is 0 Å². The second-order valence-corrected chi connectivity index (χ2v) is 7.95. The average Bonchev–Trinajstić information content (AvgIpc) is 3.29. The van der Waals surface area contributed by atoms with E-state index in [-0.39, 0.29) is 12.5 Å². The maximum atomic E-state index is 13.3. The number of rotatable bonds is 7. The number of nitrogens with zero attached hydrogens (tertiary/aromatic N) is 5. The average molecular weight is 422 g/mol. The second kappa shape index (κ2) is 8.62. The molecular weight excluding hydrogens is 398 g/mol. The van der Waals surface area contributed by atoms with Gasteiger partial charge in [-0.15, -0.1) is 0 Å². The lowest BCUT2D eigenvalue weighted by Crippen LogP contribution is -2.34. The topological polar surface area (TPSA) is 73.1 Å². The predicted molar refractivity (Wildman–Crippen MR) is 118 cm³/mol. The molecule has 8 heteroatoms. The van der Waals surface area contributed by atoms with E-state index in [1.54, 1.807) is 15.8 Å². The number of pyridine rings is 1. The zero-order chi connectivity index (χ0) is 21.1. The van der Waals surface area contributed by atoms with Crippen molar-refractivity contribution < 1.29 is 9.53 Å². The third-order valence-corrected chi connectivity index (χ3v) is 5.67. The Morgan fingerprint density at radius 2 is 2.07 bits per heavy atom. The van der Waals surface area contributed by atoms with Crippen LogP contribution >= 0.6 is 11.3 Å². The SMILES string of the molecule is CCOc1ccc2nc(N(Cc3ccccn3)C(=O)Cn3nc(C)cc3C)sc2c1. The molecule has 7 nitrogen and oxygen atoms in total. The summed E-state index contributed by atoms with van der Waals surface area (Å²) >= 11 is 1.47. The number of benzene rings is 1. The molecule has 154 valence electrons. The molecule has 0 N–H and O–H groups in total. The molecule has 1 amide bonds. The summed E-state index contributed by atoms with van der Waals surface area (Å²) in [4.78, 5) is 24.1. The molecular formula is C22H23N5O2S. The lowest BCUT2D eigenvalue weighted by atomic mass is 10.3. The first-order valence-electron chi connectivity index (χ1n) is 9.78. The Kier molecular flexibility index (Phi) is 5.76. The Hall–Kier alpha value is -3.26. The van der Waals surface area contributed by atoms with Crippen molar-refractivity contribution in [2.75, 3.05) is 11.5 Å². The van der Waals surface area contributed by atoms with Crippen LogP contribution in [0.5, 0.6) is 5.75 Å². The number of carbonyl (C=O) groups is 1. The molecule has 0 aliphatic rings. The lowest BCUT2D eigenvalue weighted by molar-refractivity contribution is -0.119. The van der Waals surface area contributed by atoms with Gasteiger partial charge in [-0.1, -0.05) is 17.4 Å². The van der Waals surface area contributed by atoms with Crippen molar-refractivity contribution in [1.82, 2.24) is 19.7 Å². The summed E-state index contributed by atoms with van der Waals surface area (Å²) in [5.41, 5.74) is 3.47. The molecule has 0 unspecified atom stereocenters. The molecule has 1 aromatic carbocycles. The van der Waals surface area contributed by atoms with Gasteiger partial charge in [-0.25, -0.2) is 4.98 Å². The number of hydrogen-bond acceptors (Lipinski definition) is 6. The van der Waals surface area contributed by atoms with E-state index in [1.807, 2.05) is 63.2 Å². The summed E-state index contributed by atoms with van der Waals surface area (Å²) in [5.74, 6) is 0.710. The Morgan fingerprint density at radius 1 is 1.20 bits per heavy atom. The molecule has 4 aromatic rings. The minimum atomic E-state index is -0.0871. The number of ether oxygens (including phenoxy) is 1. The third kappa shape index (κ3) is 4.33. The van der Waals surface area contributed by atoms with Crippen molar-refractivity contribution in [2.24, 2.45) is 0 Å². The molecule has 0 radical (unpaired) electrons. The van der Waals surface area contributed by atoms with E-state index in [0.717, 1.165) is 33.0 Å². The van der Waals surface area contributed by atoms with Crippen LogP contribution in [0, 0.1) is 13.8 Å². The van der Waals surface area contributed by atoms with Gasteiger partial charge in [-0.2, -0.15) is 5.10 Å². The monoisotopic (exact) mass is 421 g/mol. The first kappa shape index (κ1) is 20.0. The van der Waals surface area contributed by atoms with E-state index >= 15 is 0 Å². The highest BCUT2D eigenvalue weighted by Crippen LogP contribution is 2.32. The van der Waals surface area contributed by atoms with Crippen molar-refractivity contribution in [1.29, 1.82) is 0 Å². The molecule has 0 saturated heterocycles. The molecule has 0 bridgehead atoms. The third-order valence-electron chi connectivity index (χ3n) is 4.63. The number of aryl methyl sites for hydroxylation is 2. The highest BCUT2D eigenvalue weighted by atomic mass is 32.1. The summed E-state index contributed by atoms with van der Waals surface area (Å²) in [5, 5.41) is 5.06. The van der Waals surface area contributed by atoms with Crippen LogP contribution in [0.25, 0.3) is 10.2 Å². The van der Waals surface area contributed by atoms with Crippen molar-refractivity contribution in [3.8, 4) is 5.75 Å². The van der Waals surface area contributed by atoms with Gasteiger partial charge in [-0.3, -0.25) is 19.4 Å². The quantitative estimate of drug-likeness (QED) is 0.448. The number of amides is 1. The summed E-state index contributed by atoms with van der Waals surface area (Å²) in [7, 11) is 0. The fourth-order valence-electron chi connectivity index (χ4n) is 3.23. The van der Waals surface area contributed by atoms with E-state index in [2.05, 4.69) is 10.1 Å². The number of aromatic nitrogens is 4. The van der Waals surface area contributed by atoms with Crippen LogP contribution in [0.3, 0.4) is 0 Å². The molecule has 0 aliphatic carbocycles. The van der Waals surface area contributed by atoms with Gasteiger partial charge in [0.15, 0.2) is 5.13 Å². The maximum Gasteiger partial charge on any atom is 0.250 e. The zero-order valence-electron chi connectivity index (χ0n) is 17.2. The van der Waals surface area contributed by atoms with Gasteiger partial charge in [0.1, 0.15) is 12.3 Å². The molecule has 0 fully saturated rings. The van der Waals surface area contributed by atoms with Crippen LogP contribution in [0.2, 0.25) is 0 Å². The summed E-state index contributed by atoms with van der Waals surface area (Å²) in [6.45, 7) is 6.91. The number of fused-ring (bicyclic) bond motifs is 1. The molecule has 3 heterocycles. The van der Waals surface area contributed by atoms with Crippen LogP contribution in [0.4, 0.5) is 5.13 Å². The number of anilines is 1. The Balaban J connectivity index is 1.68. The van der Waals surface area contributed by atoms with Crippen molar-refractivity contribution in [3.05, 3.63) is 65.7 Å². The summed E-state index contributed by atoms with van der Waals surface area (Å²) < 4.78 is 8.30. The molecule has 0 atom stereocenters. The number of hydrogen-bond donors (Lipinski definition) is 0. The molecule has 30 heavy (non-hydrogen) atoms. The standard InChI is InChI=1S/C22H23N5O2S/c1-4-29-18-8-9-19-20(12-18)30-22(24-19)26(13-17-7-5-6-10-23-17)21(28)14-27-16(3)11-15(2)25-27/h5-12H,4,13-14H2,1-3H3. The van der Waals surface area contributed by atoms with Crippen LogP contribution < -0.4 is 9.64 Å². The molecule has 0 saturated carbocycles. The summed E-state index contributed by atoms with van der Waals surface area (Å²) in [6, 6.07) is 13.4. The largest absolute Gasteiger partial charge is 0.494 e. The fourth-order valence-corrected chi connectivity index (χ4v) is 4.24. The fraction of sp³-hybridized carbons (Fsp3) is 0.273. The lowest BCUT2D eigenvalue weighted by Gasteiger charge is -2.20. The minimum Gasteiger partial charge on any atom is -0.494 e. The second-order valence-electron chi connectivity index (χ2n) is 6.94. The highest BCUT2D eigenvalue weighted by molar-refractivity contribution is 7.22. The smallest absolute Gasteiger partial charge is 0.250 e. The molecule has 0 aliphatic heterocycles. The van der Waals surface area contributed by atoms with E-state index < -0.39 is 0 Å². The van der Waals surface area contributed by atoms with Gasteiger partial charge in [0, 0.05) is 11.9 Å². The predicted octanol–water partition coefficient (Wildman–Crippen LogP) is 4.14. The van der Waals surface area contributed by atoms with Crippen molar-refractivity contribution >= 4 is 32.6 Å².